The van der Waals surface area contributed by atoms with Gasteiger partial charge in [-0.25, -0.2) is 4.98 Å². The van der Waals surface area contributed by atoms with Crippen molar-refractivity contribution < 1.29 is 0 Å². The second kappa shape index (κ2) is 8.13. The first-order chi connectivity index (χ1) is 14.7. The van der Waals surface area contributed by atoms with Gasteiger partial charge in [-0.3, -0.25) is 24.3 Å². The average Bonchev–Trinajstić information content (AvgIpc) is 3.19. The Balaban J connectivity index is 1.38. The van der Waals surface area contributed by atoms with Crippen molar-refractivity contribution >= 4 is 17.2 Å². The minimum Gasteiger partial charge on any atom is -0.297 e. The summed E-state index contributed by atoms with van der Waals surface area (Å²) in [7, 11) is 0. The fourth-order valence-corrected chi connectivity index (χ4v) is 4.30. The first-order valence-corrected chi connectivity index (χ1v) is 10.6. The third-order valence-corrected chi connectivity index (χ3v) is 5.87. The molecule has 4 aromatic rings. The highest BCUT2D eigenvalue weighted by Gasteiger charge is 2.23. The Hall–Kier alpha value is -2.83. The minimum absolute atomic E-state index is 0.403. The Morgan fingerprint density at radius 3 is 2.87 bits per heavy atom. The molecule has 0 N–H and O–H groups in total. The molecule has 0 spiro atoms. The molecule has 1 atom stereocenters. The molecule has 1 aliphatic rings. The van der Waals surface area contributed by atoms with Gasteiger partial charge in [-0.1, -0.05) is 17.7 Å². The van der Waals surface area contributed by atoms with Crippen molar-refractivity contribution in [3.05, 3.63) is 77.2 Å². The lowest BCUT2D eigenvalue weighted by Gasteiger charge is -2.32. The smallest absolute Gasteiger partial charge is 0.137 e. The average molecular weight is 419 g/mol. The standard InChI is InChI=1S/C23H23ClN6/c1-16-10-26-19(11-25-16)15-29-9-3-4-17(13-29)20-5-2-6-21(28-20)22-12-27-23-8-7-18(24)14-30(22)23/h2,5-8,10-12,14,17H,3-4,9,13,15H2,1H3/t17-/m1/s1. The number of rotatable bonds is 4. The first kappa shape index (κ1) is 19.2. The van der Waals surface area contributed by atoms with Gasteiger partial charge in [-0.2, -0.15) is 0 Å². The molecule has 0 aliphatic carbocycles. The molecule has 1 saturated heterocycles. The lowest BCUT2D eigenvalue weighted by atomic mass is 9.94. The Labute approximate surface area is 180 Å². The van der Waals surface area contributed by atoms with E-state index in [1.165, 1.54) is 0 Å². The summed E-state index contributed by atoms with van der Waals surface area (Å²) in [5.74, 6) is 0.403. The zero-order valence-electron chi connectivity index (χ0n) is 16.9. The van der Waals surface area contributed by atoms with Crippen molar-refractivity contribution in [3.8, 4) is 11.4 Å². The maximum atomic E-state index is 6.20. The molecule has 1 fully saturated rings. The Kier molecular flexibility index (Phi) is 5.19. The number of aryl methyl sites for hydroxylation is 1. The number of aromatic nitrogens is 5. The topological polar surface area (TPSA) is 59.2 Å². The zero-order chi connectivity index (χ0) is 20.5. The van der Waals surface area contributed by atoms with E-state index in [9.17, 15) is 0 Å². The van der Waals surface area contributed by atoms with Crippen molar-refractivity contribution in [1.29, 1.82) is 0 Å². The third-order valence-electron chi connectivity index (χ3n) is 5.65. The van der Waals surface area contributed by atoms with E-state index in [2.05, 4.69) is 32.0 Å². The molecule has 0 radical (unpaired) electrons. The summed E-state index contributed by atoms with van der Waals surface area (Å²) in [6.07, 6.45) is 9.77. The highest BCUT2D eigenvalue weighted by atomic mass is 35.5. The third kappa shape index (κ3) is 3.93. The molecule has 152 valence electrons. The van der Waals surface area contributed by atoms with E-state index in [-0.39, 0.29) is 0 Å². The SMILES string of the molecule is Cc1cnc(CN2CCC[C@@H](c3cccc(-c4cnc5ccc(Cl)cn45)n3)C2)cn1. The van der Waals surface area contributed by atoms with Crippen LogP contribution in [0, 0.1) is 6.92 Å². The second-order valence-corrected chi connectivity index (χ2v) is 8.33. The number of likely N-dealkylation sites (tertiary alicyclic amines) is 1. The number of nitrogens with zero attached hydrogens (tertiary/aromatic N) is 6. The molecule has 0 unspecified atom stereocenters. The Bertz CT molecular complexity index is 1170. The van der Waals surface area contributed by atoms with Gasteiger partial charge in [-0.15, -0.1) is 0 Å². The quantitative estimate of drug-likeness (QED) is 0.487. The molecule has 7 heteroatoms. The number of piperidine rings is 1. The summed E-state index contributed by atoms with van der Waals surface area (Å²) in [4.78, 5) is 20.8. The summed E-state index contributed by atoms with van der Waals surface area (Å²) in [5, 5.41) is 0.681. The molecular weight excluding hydrogens is 396 g/mol. The van der Waals surface area contributed by atoms with Crippen LogP contribution in [0.3, 0.4) is 0 Å². The van der Waals surface area contributed by atoms with Gasteiger partial charge < -0.3 is 0 Å². The van der Waals surface area contributed by atoms with Crippen LogP contribution in [0.15, 0.2) is 55.1 Å². The normalized spacial score (nSPS) is 17.5. The zero-order valence-corrected chi connectivity index (χ0v) is 17.6. The number of halogens is 1. The summed E-state index contributed by atoms with van der Waals surface area (Å²) in [5.41, 5.74) is 5.84. The van der Waals surface area contributed by atoms with E-state index < -0.39 is 0 Å². The number of pyridine rings is 2. The van der Waals surface area contributed by atoms with Crippen molar-refractivity contribution in [2.75, 3.05) is 13.1 Å². The number of imidazole rings is 1. The van der Waals surface area contributed by atoms with Gasteiger partial charge in [0.25, 0.3) is 0 Å². The maximum Gasteiger partial charge on any atom is 0.137 e. The lowest BCUT2D eigenvalue weighted by Crippen LogP contribution is -2.34. The van der Waals surface area contributed by atoms with Gasteiger partial charge >= 0.3 is 0 Å². The predicted octanol–water partition coefficient (Wildman–Crippen LogP) is 4.53. The van der Waals surface area contributed by atoms with Gasteiger partial charge in [0.15, 0.2) is 0 Å². The highest BCUT2D eigenvalue weighted by molar-refractivity contribution is 6.30. The highest BCUT2D eigenvalue weighted by Crippen LogP contribution is 2.29. The summed E-state index contributed by atoms with van der Waals surface area (Å²) in [6, 6.07) is 10.0. The summed E-state index contributed by atoms with van der Waals surface area (Å²) >= 11 is 6.20. The molecule has 0 aromatic carbocycles. The predicted molar refractivity (Wildman–Crippen MR) is 117 cm³/mol. The number of fused-ring (bicyclic) bond motifs is 1. The van der Waals surface area contributed by atoms with Crippen LogP contribution in [0.2, 0.25) is 5.02 Å². The molecule has 1 aliphatic heterocycles. The Morgan fingerprint density at radius 1 is 1.07 bits per heavy atom. The molecular formula is C23H23ClN6. The van der Waals surface area contributed by atoms with E-state index in [4.69, 9.17) is 16.6 Å². The second-order valence-electron chi connectivity index (χ2n) is 7.89. The number of hydrogen-bond donors (Lipinski definition) is 0. The largest absolute Gasteiger partial charge is 0.297 e. The van der Waals surface area contributed by atoms with Gasteiger partial charge in [0.1, 0.15) is 5.65 Å². The van der Waals surface area contributed by atoms with Crippen LogP contribution in [-0.2, 0) is 6.54 Å². The minimum atomic E-state index is 0.403. The van der Waals surface area contributed by atoms with E-state index in [1.54, 1.807) is 0 Å². The van der Waals surface area contributed by atoms with Crippen LogP contribution in [-0.4, -0.2) is 42.3 Å². The van der Waals surface area contributed by atoms with Crippen LogP contribution in [0.4, 0.5) is 0 Å². The van der Waals surface area contributed by atoms with Crippen LogP contribution in [0.1, 0.15) is 35.8 Å². The number of hydrogen-bond acceptors (Lipinski definition) is 5. The fourth-order valence-electron chi connectivity index (χ4n) is 4.14. The summed E-state index contributed by atoms with van der Waals surface area (Å²) < 4.78 is 2.00. The van der Waals surface area contributed by atoms with E-state index in [1.807, 2.05) is 54.3 Å². The van der Waals surface area contributed by atoms with E-state index in [0.29, 0.717) is 10.9 Å². The van der Waals surface area contributed by atoms with E-state index in [0.717, 1.165) is 66.6 Å². The molecule has 0 amide bonds. The van der Waals surface area contributed by atoms with Crippen LogP contribution >= 0.6 is 11.6 Å². The van der Waals surface area contributed by atoms with Gasteiger partial charge in [0.05, 0.1) is 34.0 Å². The molecule has 6 nitrogen and oxygen atoms in total. The maximum absolute atomic E-state index is 6.20. The monoisotopic (exact) mass is 418 g/mol. The lowest BCUT2D eigenvalue weighted by molar-refractivity contribution is 0.196. The molecule has 5 heterocycles. The van der Waals surface area contributed by atoms with Gasteiger partial charge in [-0.05, 0) is 50.6 Å². The van der Waals surface area contributed by atoms with Crippen LogP contribution in [0.25, 0.3) is 17.0 Å². The fraction of sp³-hybridized carbons (Fsp3) is 0.304. The molecule has 0 saturated carbocycles. The van der Waals surface area contributed by atoms with Crippen LogP contribution in [0.5, 0.6) is 0 Å². The summed E-state index contributed by atoms with van der Waals surface area (Å²) in [6.45, 7) is 4.85. The van der Waals surface area contributed by atoms with Crippen molar-refractivity contribution in [3.63, 3.8) is 0 Å². The molecule has 5 rings (SSSR count). The van der Waals surface area contributed by atoms with Crippen LogP contribution < -0.4 is 0 Å². The van der Waals surface area contributed by atoms with Crippen molar-refractivity contribution in [1.82, 2.24) is 29.2 Å². The first-order valence-electron chi connectivity index (χ1n) is 10.3. The van der Waals surface area contributed by atoms with Gasteiger partial charge in [0.2, 0.25) is 0 Å². The Morgan fingerprint density at radius 2 is 2.00 bits per heavy atom. The van der Waals surface area contributed by atoms with Crippen molar-refractivity contribution in [2.24, 2.45) is 0 Å². The molecule has 4 aromatic heterocycles. The molecule has 30 heavy (non-hydrogen) atoms. The van der Waals surface area contributed by atoms with Crippen molar-refractivity contribution in [2.45, 2.75) is 32.2 Å². The molecule has 0 bridgehead atoms. The van der Waals surface area contributed by atoms with Gasteiger partial charge in [0, 0.05) is 43.3 Å². The van der Waals surface area contributed by atoms with E-state index >= 15 is 0 Å².